The molecule has 1 heterocycles. The van der Waals surface area contributed by atoms with Crippen LogP contribution in [0, 0.1) is 17.0 Å². The topological polar surface area (TPSA) is 89.7 Å². The first kappa shape index (κ1) is 21.2. The van der Waals surface area contributed by atoms with Gasteiger partial charge in [0.25, 0.3) is 0 Å². The van der Waals surface area contributed by atoms with Crippen LogP contribution in [-0.4, -0.2) is 38.3 Å². The monoisotopic (exact) mass is 424 g/mol. The second-order valence-electron chi connectivity index (χ2n) is 7.20. The normalized spacial score (nSPS) is 17.0. The Morgan fingerprint density at radius 2 is 1.62 bits per heavy atom. The first-order valence-electron chi connectivity index (χ1n) is 9.14. The molecule has 2 N–H and O–H groups in total. The molecule has 2 aromatic carbocycles. The number of carbonyl (C=O) groups is 1. The highest BCUT2D eigenvalue weighted by molar-refractivity contribution is 7.89. The number of rotatable bonds is 7. The molecule has 1 fully saturated rings. The molecule has 9 heteroatoms. The van der Waals surface area contributed by atoms with Gasteiger partial charge in [-0.1, -0.05) is 24.3 Å². The summed E-state index contributed by atoms with van der Waals surface area (Å²) in [5.41, 5.74) is 4.75. The van der Waals surface area contributed by atoms with Crippen molar-refractivity contribution in [3.05, 3.63) is 60.2 Å². The summed E-state index contributed by atoms with van der Waals surface area (Å²) in [6, 6.07) is 11.9. The maximum atomic E-state index is 14.0. The van der Waals surface area contributed by atoms with E-state index in [4.69, 9.17) is 10.5 Å². The van der Waals surface area contributed by atoms with Gasteiger partial charge in [0.05, 0.1) is 6.61 Å². The van der Waals surface area contributed by atoms with E-state index < -0.39 is 37.9 Å². The SMILES string of the molecule is NC(=O)CC1(COc2ccccc2)CCN(S(=O)(=O)c2c(F)cccc2F)CC1. The van der Waals surface area contributed by atoms with Crippen molar-refractivity contribution in [2.45, 2.75) is 24.2 Å². The lowest BCUT2D eigenvalue weighted by Gasteiger charge is -2.40. The zero-order valence-corrected chi connectivity index (χ0v) is 16.5. The largest absolute Gasteiger partial charge is 0.493 e. The Labute approximate surface area is 168 Å². The molecule has 156 valence electrons. The summed E-state index contributed by atoms with van der Waals surface area (Å²) in [6.07, 6.45) is 0.581. The molecule has 1 aliphatic rings. The van der Waals surface area contributed by atoms with Crippen LogP contribution < -0.4 is 10.5 Å². The molecular formula is C20H22F2N2O4S. The molecule has 29 heavy (non-hydrogen) atoms. The Balaban J connectivity index is 1.76. The third-order valence-electron chi connectivity index (χ3n) is 5.14. The van der Waals surface area contributed by atoms with E-state index in [1.165, 1.54) is 0 Å². The molecule has 1 aliphatic heterocycles. The molecule has 1 saturated heterocycles. The molecule has 0 unspecified atom stereocenters. The van der Waals surface area contributed by atoms with Crippen LogP contribution in [0.15, 0.2) is 53.4 Å². The lowest BCUT2D eigenvalue weighted by atomic mass is 9.76. The van der Waals surface area contributed by atoms with Gasteiger partial charge in [0.2, 0.25) is 15.9 Å². The van der Waals surface area contributed by atoms with Crippen molar-refractivity contribution in [3.63, 3.8) is 0 Å². The van der Waals surface area contributed by atoms with Gasteiger partial charge in [-0.05, 0) is 37.1 Å². The minimum atomic E-state index is -4.34. The Kier molecular flexibility index (Phi) is 6.18. The van der Waals surface area contributed by atoms with Crippen molar-refractivity contribution < 1.29 is 26.7 Å². The Morgan fingerprint density at radius 1 is 1.03 bits per heavy atom. The molecule has 0 bridgehead atoms. The van der Waals surface area contributed by atoms with E-state index in [1.54, 1.807) is 12.1 Å². The summed E-state index contributed by atoms with van der Waals surface area (Å²) in [6.45, 7) is 0.185. The average Bonchev–Trinajstić information content (AvgIpc) is 2.67. The van der Waals surface area contributed by atoms with E-state index in [9.17, 15) is 22.0 Å². The molecule has 0 aliphatic carbocycles. The number of nitrogens with two attached hydrogens (primary N) is 1. The molecule has 0 spiro atoms. The van der Waals surface area contributed by atoms with Crippen molar-refractivity contribution >= 4 is 15.9 Å². The van der Waals surface area contributed by atoms with Gasteiger partial charge in [-0.3, -0.25) is 4.79 Å². The van der Waals surface area contributed by atoms with E-state index in [0.717, 1.165) is 22.5 Å². The second-order valence-corrected chi connectivity index (χ2v) is 9.07. The Hall–Kier alpha value is -2.52. The molecule has 0 atom stereocenters. The predicted octanol–water partition coefficient (Wildman–Crippen LogP) is 2.69. The highest BCUT2D eigenvalue weighted by Crippen LogP contribution is 2.38. The molecule has 0 radical (unpaired) electrons. The van der Waals surface area contributed by atoms with E-state index in [2.05, 4.69) is 0 Å². The molecule has 2 aromatic rings. The Bertz CT molecular complexity index is 955. The molecule has 0 aromatic heterocycles. The second kappa shape index (κ2) is 8.46. The van der Waals surface area contributed by atoms with Crippen molar-refractivity contribution in [1.29, 1.82) is 0 Å². The Morgan fingerprint density at radius 3 is 2.17 bits per heavy atom. The number of para-hydroxylation sites is 1. The number of nitrogens with zero attached hydrogens (tertiary/aromatic N) is 1. The number of benzene rings is 2. The number of primary amides is 1. The van der Waals surface area contributed by atoms with Gasteiger partial charge in [0, 0.05) is 24.9 Å². The quantitative estimate of drug-likeness (QED) is 0.740. The zero-order chi connectivity index (χ0) is 21.1. The highest BCUT2D eigenvalue weighted by atomic mass is 32.2. The summed E-state index contributed by atoms with van der Waals surface area (Å²) in [5.74, 6) is -2.16. The molecular weight excluding hydrogens is 402 g/mol. The van der Waals surface area contributed by atoms with Gasteiger partial charge >= 0.3 is 0 Å². The van der Waals surface area contributed by atoms with Crippen molar-refractivity contribution in [1.82, 2.24) is 4.31 Å². The molecule has 6 nitrogen and oxygen atoms in total. The van der Waals surface area contributed by atoms with Crippen LogP contribution in [0.25, 0.3) is 0 Å². The third-order valence-corrected chi connectivity index (χ3v) is 7.09. The zero-order valence-electron chi connectivity index (χ0n) is 15.7. The third kappa shape index (κ3) is 4.73. The summed E-state index contributed by atoms with van der Waals surface area (Å²) in [4.78, 5) is 10.7. The number of carbonyl (C=O) groups excluding carboxylic acids is 1. The standard InChI is InChI=1S/C20H22F2N2O4S/c21-16-7-4-8-17(22)19(16)29(26,27)24-11-9-20(10-12-24,13-18(23)25)14-28-15-5-2-1-3-6-15/h1-8H,9-14H2,(H2,23,25). The van der Waals surface area contributed by atoms with Gasteiger partial charge in [0.1, 0.15) is 17.4 Å². The van der Waals surface area contributed by atoms with Crippen molar-refractivity contribution in [2.75, 3.05) is 19.7 Å². The maximum Gasteiger partial charge on any atom is 0.248 e. The van der Waals surface area contributed by atoms with E-state index >= 15 is 0 Å². The number of ether oxygens (including phenoxy) is 1. The van der Waals surface area contributed by atoms with Crippen molar-refractivity contribution in [2.24, 2.45) is 11.1 Å². The van der Waals surface area contributed by atoms with E-state index in [0.29, 0.717) is 5.75 Å². The van der Waals surface area contributed by atoms with Crippen LogP contribution in [0.4, 0.5) is 8.78 Å². The van der Waals surface area contributed by atoms with Crippen LogP contribution >= 0.6 is 0 Å². The van der Waals surface area contributed by atoms with Gasteiger partial charge in [0.15, 0.2) is 4.90 Å². The van der Waals surface area contributed by atoms with Gasteiger partial charge in [-0.2, -0.15) is 4.31 Å². The van der Waals surface area contributed by atoms with Gasteiger partial charge in [-0.25, -0.2) is 17.2 Å². The fraction of sp³-hybridized carbons (Fsp3) is 0.350. The minimum absolute atomic E-state index is 0.00153. The molecule has 3 rings (SSSR count). The van der Waals surface area contributed by atoms with E-state index in [1.807, 2.05) is 18.2 Å². The lowest BCUT2D eigenvalue weighted by Crippen LogP contribution is -2.47. The lowest BCUT2D eigenvalue weighted by molar-refractivity contribution is -0.121. The smallest absolute Gasteiger partial charge is 0.248 e. The fourth-order valence-corrected chi connectivity index (χ4v) is 5.10. The number of hydrogen-bond acceptors (Lipinski definition) is 4. The summed E-state index contributed by atoms with van der Waals surface area (Å²) in [5, 5.41) is 0. The van der Waals surface area contributed by atoms with Crippen LogP contribution in [0.2, 0.25) is 0 Å². The van der Waals surface area contributed by atoms with Gasteiger partial charge in [-0.15, -0.1) is 0 Å². The van der Waals surface area contributed by atoms with Crippen molar-refractivity contribution in [3.8, 4) is 5.75 Å². The maximum absolute atomic E-state index is 14.0. The average molecular weight is 424 g/mol. The van der Waals surface area contributed by atoms with Crippen LogP contribution in [0.1, 0.15) is 19.3 Å². The number of hydrogen-bond donors (Lipinski definition) is 1. The minimum Gasteiger partial charge on any atom is -0.493 e. The first-order valence-corrected chi connectivity index (χ1v) is 10.6. The van der Waals surface area contributed by atoms with Crippen LogP contribution in [-0.2, 0) is 14.8 Å². The molecule has 1 amide bonds. The molecule has 0 saturated carbocycles. The first-order chi connectivity index (χ1) is 13.7. The number of amides is 1. The van der Waals surface area contributed by atoms with Crippen LogP contribution in [0.5, 0.6) is 5.75 Å². The van der Waals surface area contributed by atoms with E-state index in [-0.39, 0.29) is 39.0 Å². The van der Waals surface area contributed by atoms with Crippen LogP contribution in [0.3, 0.4) is 0 Å². The highest BCUT2D eigenvalue weighted by Gasteiger charge is 2.41. The number of sulfonamides is 1. The van der Waals surface area contributed by atoms with Gasteiger partial charge < -0.3 is 10.5 Å². The number of piperidine rings is 1. The fourth-order valence-electron chi connectivity index (χ4n) is 3.55. The summed E-state index contributed by atoms with van der Waals surface area (Å²) in [7, 11) is -4.34. The number of halogens is 2. The predicted molar refractivity (Wildman–Crippen MR) is 103 cm³/mol. The summed E-state index contributed by atoms with van der Waals surface area (Å²) >= 11 is 0. The summed E-state index contributed by atoms with van der Waals surface area (Å²) < 4.78 is 60.4.